The van der Waals surface area contributed by atoms with Crippen LogP contribution in [-0.2, 0) is 0 Å². The van der Waals surface area contributed by atoms with Gasteiger partial charge in [0.2, 0.25) is 0 Å². The molecule has 0 bridgehead atoms. The van der Waals surface area contributed by atoms with Crippen LogP contribution >= 0.6 is 0 Å². The van der Waals surface area contributed by atoms with Crippen molar-refractivity contribution < 1.29 is 14.3 Å². The summed E-state index contributed by atoms with van der Waals surface area (Å²) < 4.78 is 13.1. The average molecular weight is 252 g/mol. The number of rotatable bonds is 1. The predicted octanol–water partition coefficient (Wildman–Crippen LogP) is 1.85. The Morgan fingerprint density at radius 3 is 2.78 bits per heavy atom. The van der Waals surface area contributed by atoms with Gasteiger partial charge in [-0.15, -0.1) is 0 Å². The van der Waals surface area contributed by atoms with Gasteiger partial charge in [0.05, 0.1) is 13.1 Å². The highest BCUT2D eigenvalue weighted by atomic mass is 19.1. The summed E-state index contributed by atoms with van der Waals surface area (Å²) in [6.45, 7) is 3.81. The third kappa shape index (κ3) is 2.61. The summed E-state index contributed by atoms with van der Waals surface area (Å²) in [7, 11) is 0. The lowest BCUT2D eigenvalue weighted by atomic mass is 10.1. The number of aryl methyl sites for hydroxylation is 2. The summed E-state index contributed by atoms with van der Waals surface area (Å²) in [5.41, 5.74) is 2.71. The van der Waals surface area contributed by atoms with Crippen molar-refractivity contribution in [2.75, 3.05) is 18.4 Å². The molecule has 1 saturated heterocycles. The molecular weight excluding hydrogens is 235 g/mol. The number of urea groups is 1. The molecule has 1 heterocycles. The predicted molar refractivity (Wildman–Crippen MR) is 67.4 cm³/mol. The van der Waals surface area contributed by atoms with Crippen molar-refractivity contribution in [2.24, 2.45) is 0 Å². The third-order valence-corrected chi connectivity index (χ3v) is 3.14. The average Bonchev–Trinajstić information content (AvgIpc) is 2.64. The van der Waals surface area contributed by atoms with Gasteiger partial charge in [0, 0.05) is 5.69 Å². The molecule has 0 spiro atoms. The molecule has 0 saturated carbocycles. The SMILES string of the molecule is Cc1ccc(C)c(NC(=O)N2C[C@@H](O)[C@H](F)C2)c1. The van der Waals surface area contributed by atoms with Gasteiger partial charge in [-0.25, -0.2) is 9.18 Å². The number of hydrogen-bond acceptors (Lipinski definition) is 2. The number of aliphatic hydroxyl groups is 1. The smallest absolute Gasteiger partial charge is 0.322 e. The summed E-state index contributed by atoms with van der Waals surface area (Å²) in [6.07, 6.45) is -2.43. The second kappa shape index (κ2) is 4.94. The van der Waals surface area contributed by atoms with Gasteiger partial charge < -0.3 is 15.3 Å². The zero-order valence-corrected chi connectivity index (χ0v) is 10.5. The topological polar surface area (TPSA) is 52.6 Å². The zero-order valence-electron chi connectivity index (χ0n) is 10.5. The molecule has 2 amide bonds. The van der Waals surface area contributed by atoms with Crippen LogP contribution in [-0.4, -0.2) is 41.4 Å². The number of nitrogens with zero attached hydrogens (tertiary/aromatic N) is 1. The number of likely N-dealkylation sites (tertiary alicyclic amines) is 1. The molecule has 5 heteroatoms. The van der Waals surface area contributed by atoms with E-state index in [1.54, 1.807) is 0 Å². The first-order valence-electron chi connectivity index (χ1n) is 5.92. The van der Waals surface area contributed by atoms with Crippen LogP contribution < -0.4 is 5.32 Å². The van der Waals surface area contributed by atoms with E-state index in [0.29, 0.717) is 0 Å². The fourth-order valence-corrected chi connectivity index (χ4v) is 1.98. The highest BCUT2D eigenvalue weighted by molar-refractivity contribution is 5.90. The molecule has 2 N–H and O–H groups in total. The molecule has 0 unspecified atom stereocenters. The van der Waals surface area contributed by atoms with Crippen LogP contribution in [0.5, 0.6) is 0 Å². The van der Waals surface area contributed by atoms with Gasteiger partial charge in [-0.05, 0) is 31.0 Å². The van der Waals surface area contributed by atoms with Crippen molar-refractivity contribution in [3.8, 4) is 0 Å². The molecule has 98 valence electrons. The molecule has 1 aromatic rings. The number of anilines is 1. The lowest BCUT2D eigenvalue weighted by molar-refractivity contribution is 0.116. The van der Waals surface area contributed by atoms with Gasteiger partial charge in [-0.3, -0.25) is 0 Å². The highest BCUT2D eigenvalue weighted by Crippen LogP contribution is 2.19. The number of β-amino-alcohol motifs (C(OH)–C–C–N with tert-alkyl or cyclic N) is 1. The number of carbonyl (C=O) groups is 1. The second-order valence-electron chi connectivity index (χ2n) is 4.74. The molecule has 0 aromatic heterocycles. The lowest BCUT2D eigenvalue weighted by Gasteiger charge is -2.17. The number of aliphatic hydroxyl groups excluding tert-OH is 1. The van der Waals surface area contributed by atoms with Crippen molar-refractivity contribution in [1.82, 2.24) is 4.90 Å². The maximum Gasteiger partial charge on any atom is 0.322 e. The van der Waals surface area contributed by atoms with Crippen LogP contribution in [0.25, 0.3) is 0 Å². The molecule has 0 aliphatic carbocycles. The molecule has 0 radical (unpaired) electrons. The first-order chi connectivity index (χ1) is 8.47. The Morgan fingerprint density at radius 2 is 2.17 bits per heavy atom. The lowest BCUT2D eigenvalue weighted by Crippen LogP contribution is -2.34. The molecule has 1 aromatic carbocycles. The Kier molecular flexibility index (Phi) is 3.52. The van der Waals surface area contributed by atoms with Crippen molar-refractivity contribution in [3.63, 3.8) is 0 Å². The van der Waals surface area contributed by atoms with Gasteiger partial charge in [0.1, 0.15) is 12.3 Å². The largest absolute Gasteiger partial charge is 0.388 e. The van der Waals surface area contributed by atoms with E-state index in [1.165, 1.54) is 4.90 Å². The fourth-order valence-electron chi connectivity index (χ4n) is 1.98. The maximum absolute atomic E-state index is 13.1. The van der Waals surface area contributed by atoms with Gasteiger partial charge in [-0.1, -0.05) is 12.1 Å². The molecule has 1 aliphatic rings. The molecule has 2 rings (SSSR count). The van der Waals surface area contributed by atoms with Gasteiger partial charge in [-0.2, -0.15) is 0 Å². The van der Waals surface area contributed by atoms with Crippen LogP contribution in [0.2, 0.25) is 0 Å². The van der Waals surface area contributed by atoms with Gasteiger partial charge >= 0.3 is 6.03 Å². The minimum atomic E-state index is -1.35. The Bertz CT molecular complexity index is 454. The third-order valence-electron chi connectivity index (χ3n) is 3.14. The van der Waals surface area contributed by atoms with Gasteiger partial charge in [0.15, 0.2) is 0 Å². The van der Waals surface area contributed by atoms with E-state index >= 15 is 0 Å². The monoisotopic (exact) mass is 252 g/mol. The van der Waals surface area contributed by atoms with Crippen LogP contribution in [0.4, 0.5) is 14.9 Å². The van der Waals surface area contributed by atoms with E-state index in [2.05, 4.69) is 5.32 Å². The minimum absolute atomic E-state index is 0.0395. The summed E-state index contributed by atoms with van der Waals surface area (Å²) in [5, 5.41) is 12.0. The number of nitrogens with one attached hydrogen (secondary N) is 1. The summed E-state index contributed by atoms with van der Waals surface area (Å²) in [6, 6.07) is 5.37. The Hall–Kier alpha value is -1.62. The summed E-state index contributed by atoms with van der Waals surface area (Å²) in [5.74, 6) is 0. The second-order valence-corrected chi connectivity index (χ2v) is 4.74. The van der Waals surface area contributed by atoms with Crippen LogP contribution in [0.1, 0.15) is 11.1 Å². The molecule has 4 nitrogen and oxygen atoms in total. The molecule has 2 atom stereocenters. The van der Waals surface area contributed by atoms with E-state index in [1.807, 2.05) is 32.0 Å². The number of alkyl halides is 1. The first-order valence-corrected chi connectivity index (χ1v) is 5.92. The van der Waals surface area contributed by atoms with E-state index < -0.39 is 12.3 Å². The van der Waals surface area contributed by atoms with E-state index in [4.69, 9.17) is 0 Å². The Balaban J connectivity index is 2.05. The fraction of sp³-hybridized carbons (Fsp3) is 0.462. The zero-order chi connectivity index (χ0) is 13.3. The van der Waals surface area contributed by atoms with E-state index in [-0.39, 0.29) is 19.1 Å². The van der Waals surface area contributed by atoms with E-state index in [0.717, 1.165) is 16.8 Å². The maximum atomic E-state index is 13.1. The minimum Gasteiger partial charge on any atom is -0.388 e. The van der Waals surface area contributed by atoms with Crippen molar-refractivity contribution in [2.45, 2.75) is 26.1 Å². The number of halogens is 1. The summed E-state index contributed by atoms with van der Waals surface area (Å²) in [4.78, 5) is 13.2. The Labute approximate surface area is 105 Å². The first kappa shape index (κ1) is 12.8. The number of hydrogen-bond donors (Lipinski definition) is 2. The van der Waals surface area contributed by atoms with Crippen molar-refractivity contribution in [3.05, 3.63) is 29.3 Å². The normalized spacial score (nSPS) is 23.2. The van der Waals surface area contributed by atoms with Crippen molar-refractivity contribution in [1.29, 1.82) is 0 Å². The van der Waals surface area contributed by atoms with E-state index in [9.17, 15) is 14.3 Å². The number of carbonyl (C=O) groups excluding carboxylic acids is 1. The van der Waals surface area contributed by atoms with Crippen LogP contribution in [0.3, 0.4) is 0 Å². The van der Waals surface area contributed by atoms with Crippen LogP contribution in [0.15, 0.2) is 18.2 Å². The molecule has 1 fully saturated rings. The standard InChI is InChI=1S/C13H17FN2O2/c1-8-3-4-9(2)11(5-8)15-13(18)16-6-10(14)12(17)7-16/h3-5,10,12,17H,6-7H2,1-2H3,(H,15,18)/t10-,12-/m1/s1. The molecule has 1 aliphatic heterocycles. The van der Waals surface area contributed by atoms with Gasteiger partial charge in [0.25, 0.3) is 0 Å². The highest BCUT2D eigenvalue weighted by Gasteiger charge is 2.34. The number of benzene rings is 1. The number of amides is 2. The summed E-state index contributed by atoms with van der Waals surface area (Å²) >= 11 is 0. The quantitative estimate of drug-likeness (QED) is 0.801. The molecule has 18 heavy (non-hydrogen) atoms. The van der Waals surface area contributed by atoms with Crippen molar-refractivity contribution >= 4 is 11.7 Å². The Morgan fingerprint density at radius 1 is 1.44 bits per heavy atom. The van der Waals surface area contributed by atoms with Crippen LogP contribution in [0, 0.1) is 13.8 Å². The molecular formula is C13H17FN2O2.